The first-order valence-electron chi connectivity index (χ1n) is 9.73. The number of aryl methyl sites for hydroxylation is 2. The zero-order chi connectivity index (χ0) is 20.4. The van der Waals surface area contributed by atoms with Crippen LogP contribution in [0.2, 0.25) is 0 Å². The summed E-state index contributed by atoms with van der Waals surface area (Å²) in [5, 5.41) is 7.24. The molecule has 1 unspecified atom stereocenters. The van der Waals surface area contributed by atoms with Crippen LogP contribution in [-0.4, -0.2) is 40.4 Å². The van der Waals surface area contributed by atoms with E-state index in [9.17, 15) is 9.59 Å². The highest BCUT2D eigenvalue weighted by atomic mass is 16.5. The van der Waals surface area contributed by atoms with Crippen LogP contribution >= 0.6 is 0 Å². The van der Waals surface area contributed by atoms with Gasteiger partial charge in [-0.3, -0.25) is 9.59 Å². The first kappa shape index (κ1) is 19.0. The van der Waals surface area contributed by atoms with E-state index in [0.29, 0.717) is 24.4 Å². The maximum Gasteiger partial charge on any atom is 0.257 e. The number of fused-ring (bicyclic) bond motifs is 1. The van der Waals surface area contributed by atoms with E-state index in [-0.39, 0.29) is 23.7 Å². The minimum atomic E-state index is -0.182. The molecule has 2 aromatic rings. The molecule has 1 aromatic heterocycles. The first-order valence-corrected chi connectivity index (χ1v) is 9.73. The Kier molecular flexibility index (Phi) is 5.24. The molecular formula is C21H23N5O3. The Labute approximate surface area is 168 Å². The van der Waals surface area contributed by atoms with Crippen molar-refractivity contribution < 1.29 is 14.3 Å². The topological polar surface area (TPSA) is 97.9 Å². The molecule has 29 heavy (non-hydrogen) atoms. The molecule has 2 aliphatic rings. The Balaban J connectivity index is 1.45. The lowest BCUT2D eigenvalue weighted by atomic mass is 10.1. The number of rotatable bonds is 5. The van der Waals surface area contributed by atoms with E-state index in [0.717, 1.165) is 36.3 Å². The summed E-state index contributed by atoms with van der Waals surface area (Å²) in [4.78, 5) is 33.4. The monoisotopic (exact) mass is 393 g/mol. The van der Waals surface area contributed by atoms with Crippen LogP contribution in [0.4, 0.5) is 5.82 Å². The van der Waals surface area contributed by atoms with Gasteiger partial charge in [0.2, 0.25) is 5.91 Å². The SMILES string of the molecule is COc1ccc(CCC(=O)Nc2cc(C)nn2C2=NC(=O)C3CCCC3=N2)cc1. The molecule has 2 amide bonds. The molecule has 150 valence electrons. The fourth-order valence-electron chi connectivity index (χ4n) is 3.65. The van der Waals surface area contributed by atoms with Crippen molar-refractivity contribution in [1.29, 1.82) is 0 Å². The normalized spacial score (nSPS) is 18.1. The number of aromatic nitrogens is 2. The number of nitrogens with zero attached hydrogens (tertiary/aromatic N) is 4. The summed E-state index contributed by atoms with van der Waals surface area (Å²) in [6.45, 7) is 1.82. The molecule has 1 fully saturated rings. The van der Waals surface area contributed by atoms with Gasteiger partial charge in [-0.2, -0.15) is 14.8 Å². The minimum absolute atomic E-state index is 0.142. The van der Waals surface area contributed by atoms with Gasteiger partial charge < -0.3 is 10.1 Å². The van der Waals surface area contributed by atoms with Crippen LogP contribution in [0, 0.1) is 12.8 Å². The molecule has 1 aromatic carbocycles. The second-order valence-corrected chi connectivity index (χ2v) is 7.28. The smallest absolute Gasteiger partial charge is 0.257 e. The Morgan fingerprint density at radius 2 is 2.07 bits per heavy atom. The van der Waals surface area contributed by atoms with E-state index < -0.39 is 0 Å². The van der Waals surface area contributed by atoms with Gasteiger partial charge in [0.1, 0.15) is 11.6 Å². The number of benzene rings is 1. The summed E-state index contributed by atoms with van der Waals surface area (Å²) in [6, 6.07) is 9.38. The Hall–Kier alpha value is -3.29. The fourth-order valence-corrected chi connectivity index (χ4v) is 3.65. The van der Waals surface area contributed by atoms with Crippen molar-refractivity contribution in [3.8, 4) is 5.75 Å². The Morgan fingerprint density at radius 3 is 2.83 bits per heavy atom. The van der Waals surface area contributed by atoms with Crippen molar-refractivity contribution in [3.05, 3.63) is 41.6 Å². The van der Waals surface area contributed by atoms with Gasteiger partial charge in [0.25, 0.3) is 11.9 Å². The van der Waals surface area contributed by atoms with E-state index in [1.807, 2.05) is 31.2 Å². The third-order valence-corrected chi connectivity index (χ3v) is 5.17. The predicted octanol–water partition coefficient (Wildman–Crippen LogP) is 2.76. The fraction of sp³-hybridized carbons (Fsp3) is 0.381. The molecule has 1 atom stereocenters. The average Bonchev–Trinajstić information content (AvgIpc) is 3.33. The number of nitrogens with one attached hydrogen (secondary N) is 1. The van der Waals surface area contributed by atoms with Crippen LogP contribution in [0.25, 0.3) is 0 Å². The highest BCUT2D eigenvalue weighted by Gasteiger charge is 2.33. The lowest BCUT2D eigenvalue weighted by Crippen LogP contribution is -2.29. The van der Waals surface area contributed by atoms with E-state index in [2.05, 4.69) is 20.4 Å². The largest absolute Gasteiger partial charge is 0.497 e. The van der Waals surface area contributed by atoms with Crippen molar-refractivity contribution >= 4 is 29.3 Å². The number of amides is 2. The van der Waals surface area contributed by atoms with E-state index >= 15 is 0 Å². The van der Waals surface area contributed by atoms with Gasteiger partial charge in [-0.1, -0.05) is 12.1 Å². The molecule has 0 spiro atoms. The van der Waals surface area contributed by atoms with Crippen molar-refractivity contribution in [3.63, 3.8) is 0 Å². The van der Waals surface area contributed by atoms with Gasteiger partial charge >= 0.3 is 0 Å². The van der Waals surface area contributed by atoms with Crippen LogP contribution in [0.1, 0.15) is 36.9 Å². The van der Waals surface area contributed by atoms with Crippen LogP contribution in [-0.2, 0) is 16.0 Å². The Bertz CT molecular complexity index is 1000. The number of methoxy groups -OCH3 is 1. The maximum atomic E-state index is 12.5. The molecule has 0 saturated heterocycles. The maximum absolute atomic E-state index is 12.5. The van der Waals surface area contributed by atoms with E-state index in [4.69, 9.17) is 4.74 Å². The zero-order valence-electron chi connectivity index (χ0n) is 16.5. The number of anilines is 1. The number of carbonyl (C=O) groups is 2. The molecule has 8 heteroatoms. The molecular weight excluding hydrogens is 370 g/mol. The van der Waals surface area contributed by atoms with Crippen LogP contribution < -0.4 is 10.1 Å². The highest BCUT2D eigenvalue weighted by Crippen LogP contribution is 2.27. The molecule has 1 aliphatic heterocycles. The van der Waals surface area contributed by atoms with Crippen LogP contribution in [0.5, 0.6) is 5.75 Å². The molecule has 0 bridgehead atoms. The first-order chi connectivity index (χ1) is 14.0. The summed E-state index contributed by atoms with van der Waals surface area (Å²) >= 11 is 0. The van der Waals surface area contributed by atoms with Gasteiger partial charge in [-0.05, 0) is 50.3 Å². The predicted molar refractivity (Wildman–Crippen MR) is 110 cm³/mol. The number of hydrogen-bond acceptors (Lipinski definition) is 5. The third kappa shape index (κ3) is 4.11. The lowest BCUT2D eigenvalue weighted by Gasteiger charge is -2.15. The molecule has 4 rings (SSSR count). The molecule has 0 radical (unpaired) electrons. The zero-order valence-corrected chi connectivity index (χ0v) is 16.5. The Morgan fingerprint density at radius 1 is 1.28 bits per heavy atom. The van der Waals surface area contributed by atoms with E-state index in [1.54, 1.807) is 13.2 Å². The molecule has 8 nitrogen and oxygen atoms in total. The standard InChI is InChI=1S/C21H23N5O3/c1-13-12-18(23-19(27)11-8-14-6-9-15(29-2)10-7-14)26(25-13)21-22-17-5-3-4-16(17)20(28)24-21/h6-7,9-10,12,16H,3-5,8,11H2,1-2H3,(H,23,27). The molecule has 2 heterocycles. The van der Waals surface area contributed by atoms with Crippen molar-refractivity contribution in [2.45, 2.75) is 39.0 Å². The third-order valence-electron chi connectivity index (χ3n) is 5.17. The number of carbonyl (C=O) groups excluding carboxylic acids is 2. The van der Waals surface area contributed by atoms with Gasteiger partial charge in [-0.25, -0.2) is 4.99 Å². The number of hydrogen-bond donors (Lipinski definition) is 1. The van der Waals surface area contributed by atoms with Gasteiger partial charge in [0, 0.05) is 18.2 Å². The summed E-state index contributed by atoms with van der Waals surface area (Å²) in [5.74, 6) is 0.976. The summed E-state index contributed by atoms with van der Waals surface area (Å²) in [5.41, 5.74) is 2.62. The molecule has 1 saturated carbocycles. The van der Waals surface area contributed by atoms with Crippen molar-refractivity contribution in [1.82, 2.24) is 9.78 Å². The van der Waals surface area contributed by atoms with Crippen LogP contribution in [0.3, 0.4) is 0 Å². The quantitative estimate of drug-likeness (QED) is 0.844. The lowest BCUT2D eigenvalue weighted by molar-refractivity contribution is -0.119. The van der Waals surface area contributed by atoms with E-state index in [1.165, 1.54) is 4.68 Å². The van der Waals surface area contributed by atoms with Gasteiger partial charge in [-0.15, -0.1) is 0 Å². The van der Waals surface area contributed by atoms with Gasteiger partial charge in [0.05, 0.1) is 18.7 Å². The highest BCUT2D eigenvalue weighted by molar-refractivity contribution is 6.17. The number of ether oxygens (including phenoxy) is 1. The average molecular weight is 393 g/mol. The summed E-state index contributed by atoms with van der Waals surface area (Å²) in [6.07, 6.45) is 3.48. The molecule has 1 aliphatic carbocycles. The minimum Gasteiger partial charge on any atom is -0.497 e. The van der Waals surface area contributed by atoms with Crippen molar-refractivity contribution in [2.75, 3.05) is 12.4 Å². The van der Waals surface area contributed by atoms with Crippen LogP contribution in [0.15, 0.2) is 40.3 Å². The second-order valence-electron chi connectivity index (χ2n) is 7.28. The molecule has 1 N–H and O–H groups in total. The second kappa shape index (κ2) is 7.98. The summed E-state index contributed by atoms with van der Waals surface area (Å²) in [7, 11) is 1.62. The number of aliphatic imine (C=N–C) groups is 2. The van der Waals surface area contributed by atoms with Crippen molar-refractivity contribution in [2.24, 2.45) is 15.9 Å². The summed E-state index contributed by atoms with van der Waals surface area (Å²) < 4.78 is 6.59. The van der Waals surface area contributed by atoms with Gasteiger partial charge in [0.15, 0.2) is 0 Å².